The number of esters is 1. The SMILES string of the molecule is CCCCCCC/C=C\C/C=C\CCCCCCCCCCCCCCCC(=O)OC(CO)COCCCCCCCC. The van der Waals surface area contributed by atoms with Gasteiger partial charge in [-0.15, -0.1) is 0 Å². The van der Waals surface area contributed by atoms with Gasteiger partial charge in [-0.1, -0.05) is 167 Å². The Labute approximate surface area is 268 Å². The van der Waals surface area contributed by atoms with Gasteiger partial charge in [0.2, 0.25) is 0 Å². The minimum atomic E-state index is -0.526. The highest BCUT2D eigenvalue weighted by atomic mass is 16.6. The summed E-state index contributed by atoms with van der Waals surface area (Å²) < 4.78 is 11.0. The number of hydrogen-bond donors (Lipinski definition) is 1. The fourth-order valence-electron chi connectivity index (χ4n) is 5.42. The summed E-state index contributed by atoms with van der Waals surface area (Å²) >= 11 is 0. The lowest BCUT2D eigenvalue weighted by atomic mass is 10.0. The maximum atomic E-state index is 12.1. The zero-order chi connectivity index (χ0) is 31.3. The average Bonchev–Trinajstić information content (AvgIpc) is 3.01. The topological polar surface area (TPSA) is 55.8 Å². The van der Waals surface area contributed by atoms with Gasteiger partial charge in [-0.3, -0.25) is 4.79 Å². The van der Waals surface area contributed by atoms with Gasteiger partial charge in [0.1, 0.15) is 6.10 Å². The van der Waals surface area contributed by atoms with Gasteiger partial charge < -0.3 is 14.6 Å². The molecule has 4 nitrogen and oxygen atoms in total. The summed E-state index contributed by atoms with van der Waals surface area (Å²) in [5.74, 6) is -0.204. The highest BCUT2D eigenvalue weighted by Crippen LogP contribution is 2.14. The molecular weight excluding hydrogens is 532 g/mol. The van der Waals surface area contributed by atoms with E-state index < -0.39 is 6.10 Å². The van der Waals surface area contributed by atoms with Crippen molar-refractivity contribution in [3.8, 4) is 0 Å². The van der Waals surface area contributed by atoms with E-state index in [0.29, 0.717) is 19.6 Å². The molecule has 0 aliphatic heterocycles. The first kappa shape index (κ1) is 41.9. The zero-order valence-electron chi connectivity index (χ0n) is 29.0. The maximum Gasteiger partial charge on any atom is 0.306 e. The van der Waals surface area contributed by atoms with Crippen LogP contribution in [0.2, 0.25) is 0 Å². The molecule has 254 valence electrons. The number of carbonyl (C=O) groups is 1. The molecule has 0 saturated carbocycles. The largest absolute Gasteiger partial charge is 0.457 e. The minimum absolute atomic E-state index is 0.169. The molecular formula is C39H74O4. The second-order valence-corrected chi connectivity index (χ2v) is 12.7. The normalized spacial score (nSPS) is 12.5. The third kappa shape index (κ3) is 35.2. The van der Waals surface area contributed by atoms with Crippen LogP contribution in [0.4, 0.5) is 0 Å². The number of carbonyl (C=O) groups excluding carboxylic acids is 1. The molecule has 1 N–H and O–H groups in total. The van der Waals surface area contributed by atoms with E-state index in [1.54, 1.807) is 0 Å². The molecule has 0 saturated heterocycles. The summed E-state index contributed by atoms with van der Waals surface area (Å²) in [6.07, 6.45) is 43.8. The summed E-state index contributed by atoms with van der Waals surface area (Å²) in [6.45, 7) is 5.30. The van der Waals surface area contributed by atoms with Gasteiger partial charge in [-0.2, -0.15) is 0 Å². The fraction of sp³-hybridized carbons (Fsp3) is 0.872. The van der Waals surface area contributed by atoms with E-state index in [2.05, 4.69) is 38.2 Å². The molecule has 1 atom stereocenters. The van der Waals surface area contributed by atoms with Crippen molar-refractivity contribution < 1.29 is 19.4 Å². The van der Waals surface area contributed by atoms with Gasteiger partial charge in [-0.05, 0) is 44.9 Å². The van der Waals surface area contributed by atoms with Crippen LogP contribution in [0.1, 0.15) is 194 Å². The van der Waals surface area contributed by atoms with Crippen LogP contribution in [0.3, 0.4) is 0 Å². The van der Waals surface area contributed by atoms with Gasteiger partial charge in [-0.25, -0.2) is 0 Å². The van der Waals surface area contributed by atoms with Gasteiger partial charge in [0.25, 0.3) is 0 Å². The molecule has 0 amide bonds. The summed E-state index contributed by atoms with van der Waals surface area (Å²) in [4.78, 5) is 12.1. The number of aliphatic hydroxyl groups is 1. The number of hydrogen-bond acceptors (Lipinski definition) is 4. The second kappa shape index (κ2) is 37.1. The fourth-order valence-corrected chi connectivity index (χ4v) is 5.42. The van der Waals surface area contributed by atoms with E-state index in [4.69, 9.17) is 9.47 Å². The molecule has 0 radical (unpaired) electrons. The molecule has 4 heteroatoms. The molecule has 43 heavy (non-hydrogen) atoms. The van der Waals surface area contributed by atoms with Crippen LogP contribution in [0.15, 0.2) is 24.3 Å². The lowest BCUT2D eigenvalue weighted by Crippen LogP contribution is -2.27. The molecule has 0 spiro atoms. The van der Waals surface area contributed by atoms with Crippen molar-refractivity contribution in [2.75, 3.05) is 19.8 Å². The molecule has 0 aliphatic rings. The van der Waals surface area contributed by atoms with E-state index in [1.165, 1.54) is 148 Å². The van der Waals surface area contributed by atoms with Crippen molar-refractivity contribution in [1.29, 1.82) is 0 Å². The Bertz CT molecular complexity index is 600. The van der Waals surface area contributed by atoms with E-state index in [0.717, 1.165) is 25.7 Å². The monoisotopic (exact) mass is 607 g/mol. The van der Waals surface area contributed by atoms with Gasteiger partial charge >= 0.3 is 5.97 Å². The summed E-state index contributed by atoms with van der Waals surface area (Å²) in [5.41, 5.74) is 0. The maximum absolute atomic E-state index is 12.1. The molecule has 0 aliphatic carbocycles. The number of unbranched alkanes of at least 4 members (excludes halogenated alkanes) is 23. The van der Waals surface area contributed by atoms with Crippen LogP contribution in [0.25, 0.3) is 0 Å². The van der Waals surface area contributed by atoms with E-state index in [1.807, 2.05) is 0 Å². The van der Waals surface area contributed by atoms with Crippen molar-refractivity contribution >= 4 is 5.97 Å². The van der Waals surface area contributed by atoms with Gasteiger partial charge in [0.15, 0.2) is 0 Å². The highest BCUT2D eigenvalue weighted by molar-refractivity contribution is 5.69. The van der Waals surface area contributed by atoms with Gasteiger partial charge in [0.05, 0.1) is 13.2 Å². The molecule has 0 aromatic carbocycles. The van der Waals surface area contributed by atoms with Crippen LogP contribution in [0, 0.1) is 0 Å². The average molecular weight is 607 g/mol. The summed E-state index contributed by atoms with van der Waals surface area (Å²) in [6, 6.07) is 0. The third-order valence-corrected chi connectivity index (χ3v) is 8.28. The van der Waals surface area contributed by atoms with Gasteiger partial charge in [0, 0.05) is 13.0 Å². The Balaban J connectivity index is 3.36. The molecule has 0 rings (SSSR count). The minimum Gasteiger partial charge on any atom is -0.457 e. The Morgan fingerprint density at radius 2 is 0.977 bits per heavy atom. The first-order valence-corrected chi connectivity index (χ1v) is 18.9. The van der Waals surface area contributed by atoms with E-state index >= 15 is 0 Å². The molecule has 0 heterocycles. The first-order chi connectivity index (χ1) is 21.2. The quantitative estimate of drug-likeness (QED) is 0.0443. The van der Waals surface area contributed by atoms with Crippen molar-refractivity contribution in [2.24, 2.45) is 0 Å². The predicted octanol–water partition coefficient (Wildman–Crippen LogP) is 12.0. The Morgan fingerprint density at radius 1 is 0.558 bits per heavy atom. The van der Waals surface area contributed by atoms with Crippen molar-refractivity contribution in [3.63, 3.8) is 0 Å². The predicted molar refractivity (Wildman–Crippen MR) is 187 cm³/mol. The molecule has 0 aromatic rings. The number of aliphatic hydroxyl groups excluding tert-OH is 1. The third-order valence-electron chi connectivity index (χ3n) is 8.28. The number of allylic oxidation sites excluding steroid dienone is 4. The standard InChI is InChI=1S/C39H74O4/c1-3-5-7-9-11-12-13-14-15-16-17-18-19-20-21-22-23-24-25-26-27-28-29-30-32-34-39(41)43-38(36-40)37-42-35-33-31-10-8-6-4-2/h13-14,16-17,38,40H,3-12,15,18-37H2,1-2H3/b14-13-,17-16-. The Kier molecular flexibility index (Phi) is 36.1. The van der Waals surface area contributed by atoms with Crippen molar-refractivity contribution in [3.05, 3.63) is 24.3 Å². The number of rotatable bonds is 35. The Hall–Kier alpha value is -1.13. The van der Waals surface area contributed by atoms with E-state index in [9.17, 15) is 9.90 Å². The molecule has 0 fully saturated rings. The second-order valence-electron chi connectivity index (χ2n) is 12.7. The lowest BCUT2D eigenvalue weighted by Gasteiger charge is -2.15. The van der Waals surface area contributed by atoms with Crippen LogP contribution < -0.4 is 0 Å². The van der Waals surface area contributed by atoms with Crippen molar-refractivity contribution in [1.82, 2.24) is 0 Å². The lowest BCUT2D eigenvalue weighted by molar-refractivity contribution is -0.154. The molecule has 0 bridgehead atoms. The highest BCUT2D eigenvalue weighted by Gasteiger charge is 2.13. The zero-order valence-corrected chi connectivity index (χ0v) is 29.0. The van der Waals surface area contributed by atoms with E-state index in [-0.39, 0.29) is 12.6 Å². The molecule has 0 aromatic heterocycles. The van der Waals surface area contributed by atoms with Crippen molar-refractivity contribution in [2.45, 2.75) is 200 Å². The summed E-state index contributed by atoms with van der Waals surface area (Å²) in [7, 11) is 0. The Morgan fingerprint density at radius 3 is 1.44 bits per heavy atom. The first-order valence-electron chi connectivity index (χ1n) is 18.9. The van der Waals surface area contributed by atoms with Crippen LogP contribution in [-0.2, 0) is 14.3 Å². The smallest absolute Gasteiger partial charge is 0.306 e. The molecule has 1 unspecified atom stereocenters. The van der Waals surface area contributed by atoms with Crippen LogP contribution in [0.5, 0.6) is 0 Å². The van der Waals surface area contributed by atoms with Crippen LogP contribution in [-0.4, -0.2) is 37.0 Å². The number of ether oxygens (including phenoxy) is 2. The summed E-state index contributed by atoms with van der Waals surface area (Å²) in [5, 5.41) is 9.48. The van der Waals surface area contributed by atoms with Crippen LogP contribution >= 0.6 is 0 Å².